The van der Waals surface area contributed by atoms with E-state index in [0.29, 0.717) is 36.5 Å². The molecule has 0 amide bonds. The summed E-state index contributed by atoms with van der Waals surface area (Å²) in [6, 6.07) is 7.66. The van der Waals surface area contributed by atoms with Crippen LogP contribution in [0.15, 0.2) is 46.8 Å². The van der Waals surface area contributed by atoms with Crippen molar-refractivity contribution in [3.05, 3.63) is 52.4 Å². The van der Waals surface area contributed by atoms with E-state index in [2.05, 4.69) is 19.2 Å². The number of benzene rings is 1. The highest BCUT2D eigenvalue weighted by atomic mass is 16.6. The Morgan fingerprint density at radius 1 is 1.25 bits per heavy atom. The van der Waals surface area contributed by atoms with E-state index in [1.165, 1.54) is 0 Å². The van der Waals surface area contributed by atoms with Gasteiger partial charge in [0.25, 0.3) is 0 Å². The van der Waals surface area contributed by atoms with Crippen LogP contribution in [0.5, 0.6) is 5.75 Å². The summed E-state index contributed by atoms with van der Waals surface area (Å²) in [5.74, 6) is -0.179. The summed E-state index contributed by atoms with van der Waals surface area (Å²) in [5, 5.41) is 3.38. The Balaban J connectivity index is 1.76. The molecule has 0 saturated carbocycles. The number of dihydropyridines is 1. The minimum Gasteiger partial charge on any atom is -0.494 e. The lowest BCUT2D eigenvalue weighted by Crippen LogP contribution is -2.39. The number of hydrogen-bond donors (Lipinski definition) is 1. The van der Waals surface area contributed by atoms with Crippen LogP contribution in [-0.4, -0.2) is 37.7 Å². The van der Waals surface area contributed by atoms with E-state index in [-0.39, 0.29) is 23.9 Å². The molecule has 6 nitrogen and oxygen atoms in total. The van der Waals surface area contributed by atoms with Crippen molar-refractivity contribution in [3.63, 3.8) is 0 Å². The SMILES string of the molecule is CCOc1ccccc1[C@@H]1C(C(=O)OC[C@H]2CCCO2)=C(C)NC2=C1C(=O)CC(C)(C)C2. The topological polar surface area (TPSA) is 73.9 Å². The first-order valence-corrected chi connectivity index (χ1v) is 11.5. The molecule has 1 aromatic carbocycles. The van der Waals surface area contributed by atoms with Crippen LogP contribution in [0.4, 0.5) is 0 Å². The van der Waals surface area contributed by atoms with E-state index in [1.807, 2.05) is 38.1 Å². The number of carbonyl (C=O) groups excluding carboxylic acids is 2. The summed E-state index contributed by atoms with van der Waals surface area (Å²) >= 11 is 0. The molecule has 1 saturated heterocycles. The molecule has 2 atom stereocenters. The molecular weight excluding hydrogens is 406 g/mol. The van der Waals surface area contributed by atoms with Gasteiger partial charge < -0.3 is 19.5 Å². The molecular formula is C26H33NO5. The van der Waals surface area contributed by atoms with Crippen molar-refractivity contribution in [1.29, 1.82) is 0 Å². The fourth-order valence-electron chi connectivity index (χ4n) is 5.05. The second kappa shape index (κ2) is 9.10. The highest BCUT2D eigenvalue weighted by molar-refractivity contribution is 6.04. The maximum atomic E-state index is 13.4. The summed E-state index contributed by atoms with van der Waals surface area (Å²) in [7, 11) is 0. The van der Waals surface area contributed by atoms with Gasteiger partial charge in [-0.3, -0.25) is 4.79 Å². The first-order valence-electron chi connectivity index (χ1n) is 11.5. The lowest BCUT2D eigenvalue weighted by molar-refractivity contribution is -0.142. The van der Waals surface area contributed by atoms with Crippen molar-refractivity contribution < 1.29 is 23.8 Å². The van der Waals surface area contributed by atoms with E-state index in [9.17, 15) is 9.59 Å². The number of rotatable bonds is 6. The summed E-state index contributed by atoms with van der Waals surface area (Å²) < 4.78 is 17.2. The third-order valence-corrected chi connectivity index (χ3v) is 6.41. The van der Waals surface area contributed by atoms with Gasteiger partial charge in [0.1, 0.15) is 12.4 Å². The molecule has 2 heterocycles. The van der Waals surface area contributed by atoms with E-state index >= 15 is 0 Å². The number of carbonyl (C=O) groups is 2. The molecule has 1 fully saturated rings. The summed E-state index contributed by atoms with van der Waals surface area (Å²) in [6.45, 7) is 9.44. The van der Waals surface area contributed by atoms with Gasteiger partial charge in [-0.2, -0.15) is 0 Å². The molecule has 6 heteroatoms. The molecule has 4 rings (SSSR count). The molecule has 0 unspecified atom stereocenters. The van der Waals surface area contributed by atoms with Gasteiger partial charge in [0.2, 0.25) is 0 Å². The Morgan fingerprint density at radius 2 is 2.03 bits per heavy atom. The fourth-order valence-corrected chi connectivity index (χ4v) is 5.05. The molecule has 0 aromatic heterocycles. The highest BCUT2D eigenvalue weighted by Gasteiger charge is 2.44. The Labute approximate surface area is 190 Å². The van der Waals surface area contributed by atoms with Crippen molar-refractivity contribution in [2.45, 2.75) is 65.4 Å². The van der Waals surface area contributed by atoms with Gasteiger partial charge in [0.05, 0.1) is 24.2 Å². The highest BCUT2D eigenvalue weighted by Crippen LogP contribution is 2.48. The standard InChI is InChI=1S/C26H33NO5/c1-5-30-21-11-7-6-10-18(21)23-22(25(29)32-15-17-9-8-12-31-17)16(2)27-19-13-26(3,4)14-20(28)24(19)23/h6-7,10-11,17,23,27H,5,8-9,12-15H2,1-4H3/t17-,23-/m1/s1. The molecule has 0 spiro atoms. The minimum absolute atomic E-state index is 0.0579. The number of nitrogens with one attached hydrogen (secondary N) is 1. The zero-order chi connectivity index (χ0) is 22.9. The second-order valence-electron chi connectivity index (χ2n) is 9.63. The Kier molecular flexibility index (Phi) is 6.42. The third kappa shape index (κ3) is 4.46. The van der Waals surface area contributed by atoms with E-state index in [0.717, 1.165) is 36.2 Å². The van der Waals surface area contributed by atoms with Crippen LogP contribution in [0, 0.1) is 5.41 Å². The zero-order valence-electron chi connectivity index (χ0n) is 19.5. The third-order valence-electron chi connectivity index (χ3n) is 6.41. The van der Waals surface area contributed by atoms with Gasteiger partial charge in [0.15, 0.2) is 5.78 Å². The van der Waals surface area contributed by atoms with E-state index < -0.39 is 11.9 Å². The van der Waals surface area contributed by atoms with Gasteiger partial charge in [-0.15, -0.1) is 0 Å². The quantitative estimate of drug-likeness (QED) is 0.662. The lowest BCUT2D eigenvalue weighted by Gasteiger charge is -2.39. The number of ketones is 1. The first-order chi connectivity index (χ1) is 15.3. The van der Waals surface area contributed by atoms with Crippen LogP contribution in [-0.2, 0) is 19.1 Å². The summed E-state index contributed by atoms with van der Waals surface area (Å²) in [4.78, 5) is 26.8. The monoisotopic (exact) mass is 439 g/mol. The Morgan fingerprint density at radius 3 is 2.75 bits per heavy atom. The molecule has 1 aromatic rings. The van der Waals surface area contributed by atoms with Crippen LogP contribution >= 0.6 is 0 Å². The van der Waals surface area contributed by atoms with Crippen molar-refractivity contribution in [1.82, 2.24) is 5.32 Å². The van der Waals surface area contributed by atoms with Gasteiger partial charge in [-0.1, -0.05) is 32.0 Å². The van der Waals surface area contributed by atoms with Gasteiger partial charge in [-0.05, 0) is 44.6 Å². The number of esters is 1. The minimum atomic E-state index is -0.519. The van der Waals surface area contributed by atoms with Crippen LogP contribution < -0.4 is 10.1 Å². The number of allylic oxidation sites excluding steroid dienone is 3. The molecule has 1 aliphatic carbocycles. The predicted octanol–water partition coefficient (Wildman–Crippen LogP) is 4.41. The maximum Gasteiger partial charge on any atom is 0.336 e. The summed E-state index contributed by atoms with van der Waals surface area (Å²) in [6.07, 6.45) is 3.01. The predicted molar refractivity (Wildman–Crippen MR) is 121 cm³/mol. The van der Waals surface area contributed by atoms with Crippen LogP contribution in [0.2, 0.25) is 0 Å². The fraction of sp³-hybridized carbons (Fsp3) is 0.538. The Bertz CT molecular complexity index is 968. The van der Waals surface area contributed by atoms with Gasteiger partial charge >= 0.3 is 5.97 Å². The first kappa shape index (κ1) is 22.6. The van der Waals surface area contributed by atoms with Crippen molar-refractivity contribution >= 4 is 11.8 Å². The van der Waals surface area contributed by atoms with E-state index in [1.54, 1.807) is 0 Å². The van der Waals surface area contributed by atoms with Gasteiger partial charge in [0, 0.05) is 35.6 Å². The normalized spacial score (nSPS) is 24.8. The molecule has 2 aliphatic heterocycles. The maximum absolute atomic E-state index is 13.4. The molecule has 32 heavy (non-hydrogen) atoms. The zero-order valence-corrected chi connectivity index (χ0v) is 19.5. The van der Waals surface area contributed by atoms with Crippen molar-refractivity contribution in [2.75, 3.05) is 19.8 Å². The van der Waals surface area contributed by atoms with Crippen LogP contribution in [0.25, 0.3) is 0 Å². The molecule has 172 valence electrons. The van der Waals surface area contributed by atoms with Crippen LogP contribution in [0.3, 0.4) is 0 Å². The largest absolute Gasteiger partial charge is 0.494 e. The van der Waals surface area contributed by atoms with E-state index in [4.69, 9.17) is 14.2 Å². The Hall–Kier alpha value is -2.60. The summed E-state index contributed by atoms with van der Waals surface area (Å²) in [5.41, 5.74) is 3.44. The average Bonchev–Trinajstić information content (AvgIpc) is 3.24. The number of para-hydroxylation sites is 1. The molecule has 1 N–H and O–H groups in total. The molecule has 0 bridgehead atoms. The molecule has 3 aliphatic rings. The smallest absolute Gasteiger partial charge is 0.336 e. The lowest BCUT2D eigenvalue weighted by atomic mass is 9.68. The number of Topliss-reactive ketones (excluding diaryl/α,β-unsaturated/α-hetero) is 1. The van der Waals surface area contributed by atoms with Gasteiger partial charge in [-0.25, -0.2) is 4.79 Å². The van der Waals surface area contributed by atoms with Crippen LogP contribution in [0.1, 0.15) is 64.9 Å². The number of hydrogen-bond acceptors (Lipinski definition) is 6. The molecule has 0 radical (unpaired) electrons. The van der Waals surface area contributed by atoms with Crippen molar-refractivity contribution in [3.8, 4) is 5.75 Å². The number of ether oxygens (including phenoxy) is 3. The second-order valence-corrected chi connectivity index (χ2v) is 9.63. The van der Waals surface area contributed by atoms with Crippen molar-refractivity contribution in [2.24, 2.45) is 5.41 Å². The average molecular weight is 440 g/mol.